The lowest BCUT2D eigenvalue weighted by Gasteiger charge is -2.29. The van der Waals surface area contributed by atoms with Gasteiger partial charge < -0.3 is 9.64 Å². The number of ether oxygens (including phenoxy) is 1. The van der Waals surface area contributed by atoms with Gasteiger partial charge in [0.05, 0.1) is 24.8 Å². The first-order valence-electron chi connectivity index (χ1n) is 7.78. The van der Waals surface area contributed by atoms with E-state index in [1.54, 1.807) is 25.4 Å². The highest BCUT2D eigenvalue weighted by atomic mass is 32.2. The van der Waals surface area contributed by atoms with Gasteiger partial charge in [-0.25, -0.2) is 9.37 Å². The predicted molar refractivity (Wildman–Crippen MR) is 90.5 cm³/mol. The summed E-state index contributed by atoms with van der Waals surface area (Å²) in [5.41, 5.74) is 2.15. The second-order valence-corrected chi connectivity index (χ2v) is 6.39. The molecule has 1 aliphatic rings. The molecule has 0 spiro atoms. The number of esters is 1. The molecule has 0 unspecified atom stereocenters. The molecule has 0 atom stereocenters. The van der Waals surface area contributed by atoms with E-state index in [1.165, 1.54) is 17.8 Å². The van der Waals surface area contributed by atoms with Crippen LogP contribution in [0.4, 0.5) is 10.2 Å². The van der Waals surface area contributed by atoms with Gasteiger partial charge in [-0.3, -0.25) is 9.78 Å². The summed E-state index contributed by atoms with van der Waals surface area (Å²) in [5.74, 6) is 0.524. The number of carbonyl (C=O) groups excluding carboxylic acids is 1. The lowest BCUT2D eigenvalue weighted by Crippen LogP contribution is -2.31. The van der Waals surface area contributed by atoms with Crippen LogP contribution >= 0.6 is 11.8 Å². The molecule has 2 heterocycles. The van der Waals surface area contributed by atoms with Crippen molar-refractivity contribution in [1.29, 1.82) is 0 Å². The Morgan fingerprint density at radius 1 is 1.38 bits per heavy atom. The number of benzene rings is 1. The van der Waals surface area contributed by atoms with E-state index in [-0.39, 0.29) is 17.5 Å². The molecule has 0 aliphatic carbocycles. The van der Waals surface area contributed by atoms with Crippen molar-refractivity contribution < 1.29 is 13.9 Å². The van der Waals surface area contributed by atoms with Gasteiger partial charge in [-0.15, -0.1) is 0 Å². The monoisotopic (exact) mass is 347 g/mol. The van der Waals surface area contributed by atoms with Crippen molar-refractivity contribution in [2.24, 2.45) is 0 Å². The van der Waals surface area contributed by atoms with E-state index >= 15 is 0 Å². The third-order valence-electron chi connectivity index (χ3n) is 3.75. The summed E-state index contributed by atoms with van der Waals surface area (Å²) >= 11 is 1.31. The average molecular weight is 347 g/mol. The third kappa shape index (κ3) is 4.03. The minimum Gasteiger partial charge on any atom is -0.465 e. The van der Waals surface area contributed by atoms with E-state index in [0.29, 0.717) is 18.2 Å². The SMILES string of the molecule is CCOC(=O)CSc1cncc(N2CCc3cc(F)ccc3C2)n1. The van der Waals surface area contributed by atoms with Crippen molar-refractivity contribution in [2.75, 3.05) is 23.8 Å². The lowest BCUT2D eigenvalue weighted by molar-refractivity contribution is -0.139. The van der Waals surface area contributed by atoms with Crippen LogP contribution in [0.25, 0.3) is 0 Å². The van der Waals surface area contributed by atoms with Gasteiger partial charge in [0.25, 0.3) is 0 Å². The summed E-state index contributed by atoms with van der Waals surface area (Å²) in [6.45, 7) is 3.59. The Balaban J connectivity index is 1.68. The number of halogens is 1. The second-order valence-electron chi connectivity index (χ2n) is 5.39. The van der Waals surface area contributed by atoms with Crippen molar-refractivity contribution in [3.8, 4) is 0 Å². The molecule has 126 valence electrons. The molecule has 0 saturated heterocycles. The van der Waals surface area contributed by atoms with E-state index in [1.807, 2.05) is 6.07 Å². The van der Waals surface area contributed by atoms with Crippen molar-refractivity contribution >= 4 is 23.5 Å². The Hall–Kier alpha value is -2.15. The number of anilines is 1. The summed E-state index contributed by atoms with van der Waals surface area (Å²) < 4.78 is 18.2. The molecule has 0 fully saturated rings. The van der Waals surface area contributed by atoms with Crippen LogP contribution in [-0.2, 0) is 22.5 Å². The smallest absolute Gasteiger partial charge is 0.316 e. The highest BCUT2D eigenvalue weighted by Crippen LogP contribution is 2.25. The molecule has 5 nitrogen and oxygen atoms in total. The number of hydrogen-bond acceptors (Lipinski definition) is 6. The second kappa shape index (κ2) is 7.61. The summed E-state index contributed by atoms with van der Waals surface area (Å²) in [6, 6.07) is 4.91. The van der Waals surface area contributed by atoms with Crippen molar-refractivity contribution in [2.45, 2.75) is 24.9 Å². The van der Waals surface area contributed by atoms with Crippen LogP contribution in [0.15, 0.2) is 35.6 Å². The van der Waals surface area contributed by atoms with Gasteiger partial charge in [-0.2, -0.15) is 0 Å². The van der Waals surface area contributed by atoms with Crippen LogP contribution in [0.3, 0.4) is 0 Å². The fraction of sp³-hybridized carbons (Fsp3) is 0.353. The third-order valence-corrected chi connectivity index (χ3v) is 4.62. The molecule has 1 aromatic heterocycles. The normalized spacial score (nSPS) is 13.5. The number of thioether (sulfide) groups is 1. The summed E-state index contributed by atoms with van der Waals surface area (Å²) in [7, 11) is 0. The van der Waals surface area contributed by atoms with Crippen molar-refractivity contribution in [3.05, 3.63) is 47.5 Å². The molecule has 0 bridgehead atoms. The van der Waals surface area contributed by atoms with E-state index < -0.39 is 0 Å². The Bertz CT molecular complexity index is 742. The zero-order valence-electron chi connectivity index (χ0n) is 13.4. The molecule has 2 aromatic rings. The maximum absolute atomic E-state index is 13.3. The molecule has 24 heavy (non-hydrogen) atoms. The fourth-order valence-electron chi connectivity index (χ4n) is 2.61. The molecule has 0 amide bonds. The molecule has 3 rings (SSSR count). The molecule has 1 aromatic carbocycles. The first kappa shape index (κ1) is 16.7. The number of fused-ring (bicyclic) bond motifs is 1. The minimum absolute atomic E-state index is 0.195. The number of aromatic nitrogens is 2. The van der Waals surface area contributed by atoms with Gasteiger partial charge in [-0.05, 0) is 36.6 Å². The Morgan fingerprint density at radius 3 is 3.08 bits per heavy atom. The van der Waals surface area contributed by atoms with Crippen LogP contribution in [0.5, 0.6) is 0 Å². The van der Waals surface area contributed by atoms with Crippen LogP contribution in [0.2, 0.25) is 0 Å². The van der Waals surface area contributed by atoms with E-state index in [4.69, 9.17) is 4.74 Å². The topological polar surface area (TPSA) is 55.3 Å². The molecular weight excluding hydrogens is 329 g/mol. The molecule has 0 radical (unpaired) electrons. The van der Waals surface area contributed by atoms with E-state index in [2.05, 4.69) is 14.9 Å². The summed E-state index contributed by atoms with van der Waals surface area (Å²) in [4.78, 5) is 22.3. The quantitative estimate of drug-likeness (QED) is 0.612. The first-order chi connectivity index (χ1) is 11.7. The maximum Gasteiger partial charge on any atom is 0.316 e. The fourth-order valence-corrected chi connectivity index (χ4v) is 3.26. The largest absolute Gasteiger partial charge is 0.465 e. The Labute approximate surface area is 144 Å². The zero-order valence-corrected chi connectivity index (χ0v) is 14.2. The number of carbonyl (C=O) groups is 1. The van der Waals surface area contributed by atoms with Crippen LogP contribution < -0.4 is 4.90 Å². The van der Waals surface area contributed by atoms with Crippen LogP contribution in [0, 0.1) is 5.82 Å². The molecule has 1 aliphatic heterocycles. The van der Waals surface area contributed by atoms with Gasteiger partial charge in [0, 0.05) is 13.1 Å². The lowest BCUT2D eigenvalue weighted by atomic mass is 10.00. The van der Waals surface area contributed by atoms with Crippen molar-refractivity contribution in [3.63, 3.8) is 0 Å². The van der Waals surface area contributed by atoms with E-state index in [9.17, 15) is 9.18 Å². The number of hydrogen-bond donors (Lipinski definition) is 0. The van der Waals surface area contributed by atoms with Gasteiger partial charge in [-0.1, -0.05) is 17.8 Å². The molecule has 0 N–H and O–H groups in total. The summed E-state index contributed by atoms with van der Waals surface area (Å²) in [5, 5.41) is 0.686. The zero-order chi connectivity index (χ0) is 16.9. The van der Waals surface area contributed by atoms with Gasteiger partial charge >= 0.3 is 5.97 Å². The summed E-state index contributed by atoms with van der Waals surface area (Å²) in [6.07, 6.45) is 4.12. The highest BCUT2D eigenvalue weighted by molar-refractivity contribution is 7.99. The van der Waals surface area contributed by atoms with Crippen molar-refractivity contribution in [1.82, 2.24) is 9.97 Å². The Morgan fingerprint density at radius 2 is 2.25 bits per heavy atom. The highest BCUT2D eigenvalue weighted by Gasteiger charge is 2.18. The maximum atomic E-state index is 13.3. The molecule has 7 heteroatoms. The van der Waals surface area contributed by atoms with Gasteiger partial charge in [0.2, 0.25) is 0 Å². The van der Waals surface area contributed by atoms with Gasteiger partial charge in [0.15, 0.2) is 0 Å². The molecule has 0 saturated carbocycles. The van der Waals surface area contributed by atoms with Crippen LogP contribution in [-0.4, -0.2) is 34.8 Å². The molecular formula is C17H18FN3O2S. The number of rotatable bonds is 5. The standard InChI is InChI=1S/C17H18FN3O2S/c1-2-23-17(22)11-24-16-9-19-8-15(20-16)21-6-5-12-7-14(18)4-3-13(12)10-21/h3-4,7-9H,2,5-6,10-11H2,1H3. The first-order valence-corrected chi connectivity index (χ1v) is 8.77. The van der Waals surface area contributed by atoms with E-state index in [0.717, 1.165) is 29.9 Å². The Kier molecular flexibility index (Phi) is 5.30. The average Bonchev–Trinajstić information content (AvgIpc) is 2.60. The predicted octanol–water partition coefficient (Wildman–Crippen LogP) is 2.83. The number of nitrogens with zero attached hydrogens (tertiary/aromatic N) is 3. The van der Waals surface area contributed by atoms with Gasteiger partial charge in [0.1, 0.15) is 16.7 Å². The minimum atomic E-state index is -0.261. The van der Waals surface area contributed by atoms with Crippen LogP contribution in [0.1, 0.15) is 18.1 Å².